The molecule has 0 unspecified atom stereocenters. The second-order valence-corrected chi connectivity index (χ2v) is 6.18. The van der Waals surface area contributed by atoms with E-state index in [0.717, 1.165) is 28.7 Å². The fraction of sp³-hybridized carbons (Fsp3) is 0.533. The summed E-state index contributed by atoms with van der Waals surface area (Å²) in [4.78, 5) is 11.7. The van der Waals surface area contributed by atoms with Crippen LogP contribution in [0.25, 0.3) is 0 Å². The van der Waals surface area contributed by atoms with E-state index in [1.54, 1.807) is 0 Å². The molecule has 106 valence electrons. The maximum absolute atomic E-state index is 11.7. The zero-order valence-electron chi connectivity index (χ0n) is 12.1. The van der Waals surface area contributed by atoms with Gasteiger partial charge in [-0.2, -0.15) is 0 Å². The molecule has 0 aliphatic heterocycles. The van der Waals surface area contributed by atoms with Gasteiger partial charge in [0, 0.05) is 11.0 Å². The molecule has 0 atom stereocenters. The van der Waals surface area contributed by atoms with E-state index < -0.39 is 0 Å². The van der Waals surface area contributed by atoms with Crippen molar-refractivity contribution in [3.05, 3.63) is 27.7 Å². The molecule has 1 aromatic carbocycles. The minimum absolute atomic E-state index is 0.0347. The number of amides is 1. The van der Waals surface area contributed by atoms with E-state index in [1.165, 1.54) is 5.56 Å². The van der Waals surface area contributed by atoms with Crippen LogP contribution in [0.15, 0.2) is 16.6 Å². The molecule has 0 saturated heterocycles. The van der Waals surface area contributed by atoms with Crippen LogP contribution in [0.4, 0.5) is 5.69 Å². The summed E-state index contributed by atoms with van der Waals surface area (Å²) in [7, 11) is 0. The minimum Gasteiger partial charge on any atom is -0.375 e. The summed E-state index contributed by atoms with van der Waals surface area (Å²) in [6, 6.07) is 4.15. The second-order valence-electron chi connectivity index (χ2n) is 5.32. The fourth-order valence-corrected chi connectivity index (χ4v) is 2.69. The van der Waals surface area contributed by atoms with Crippen LogP contribution >= 0.6 is 15.9 Å². The number of hydrogen-bond donors (Lipinski definition) is 2. The highest BCUT2D eigenvalue weighted by Crippen LogP contribution is 2.27. The lowest BCUT2D eigenvalue weighted by atomic mass is 10.1. The van der Waals surface area contributed by atoms with Crippen LogP contribution in [-0.4, -0.2) is 19.0 Å². The Kier molecular flexibility index (Phi) is 6.35. The normalized spacial score (nSPS) is 10.6. The fourth-order valence-electron chi connectivity index (χ4n) is 1.87. The number of carbonyl (C=O) groups excluding carboxylic acids is 1. The van der Waals surface area contributed by atoms with E-state index in [4.69, 9.17) is 0 Å². The van der Waals surface area contributed by atoms with Crippen LogP contribution in [0.1, 0.15) is 31.4 Å². The quantitative estimate of drug-likeness (QED) is 0.837. The van der Waals surface area contributed by atoms with Crippen molar-refractivity contribution < 1.29 is 4.79 Å². The first-order chi connectivity index (χ1) is 8.90. The first-order valence-corrected chi connectivity index (χ1v) is 7.46. The Balaban J connectivity index is 2.46. The van der Waals surface area contributed by atoms with Gasteiger partial charge >= 0.3 is 0 Å². The van der Waals surface area contributed by atoms with Gasteiger partial charge in [0.05, 0.1) is 12.2 Å². The molecule has 0 heterocycles. The molecule has 0 spiro atoms. The maximum Gasteiger partial charge on any atom is 0.239 e. The zero-order chi connectivity index (χ0) is 14.4. The Hall–Kier alpha value is -1.03. The highest BCUT2D eigenvalue weighted by Gasteiger charge is 2.07. The summed E-state index contributed by atoms with van der Waals surface area (Å²) >= 11 is 3.53. The predicted molar refractivity (Wildman–Crippen MR) is 84.6 cm³/mol. The second kappa shape index (κ2) is 7.53. The Morgan fingerprint density at radius 2 is 2.00 bits per heavy atom. The molecule has 0 fully saturated rings. The number of aryl methyl sites for hydroxylation is 2. The lowest BCUT2D eigenvalue weighted by molar-refractivity contribution is -0.119. The van der Waals surface area contributed by atoms with Crippen LogP contribution in [0.5, 0.6) is 0 Å². The topological polar surface area (TPSA) is 41.1 Å². The largest absolute Gasteiger partial charge is 0.375 e. The number of nitrogens with one attached hydrogen (secondary N) is 2. The average molecular weight is 327 g/mol. The molecule has 0 bridgehead atoms. The first-order valence-electron chi connectivity index (χ1n) is 6.67. The van der Waals surface area contributed by atoms with Crippen molar-refractivity contribution in [1.82, 2.24) is 5.32 Å². The summed E-state index contributed by atoms with van der Waals surface area (Å²) in [6.45, 7) is 9.44. The van der Waals surface area contributed by atoms with Crippen molar-refractivity contribution in [2.45, 2.75) is 34.1 Å². The number of benzene rings is 1. The van der Waals surface area contributed by atoms with Gasteiger partial charge in [-0.1, -0.05) is 19.9 Å². The highest BCUT2D eigenvalue weighted by atomic mass is 79.9. The standard InChI is InChI=1S/C15H23BrN2O/c1-10(2)5-6-17-14(19)9-18-15-12(4)7-11(3)8-13(15)16/h7-8,10,18H,5-6,9H2,1-4H3,(H,17,19). The van der Waals surface area contributed by atoms with Crippen LogP contribution in [0.3, 0.4) is 0 Å². The third kappa shape index (κ3) is 5.64. The summed E-state index contributed by atoms with van der Waals surface area (Å²) in [5.74, 6) is 0.647. The molecule has 2 N–H and O–H groups in total. The van der Waals surface area contributed by atoms with Crippen molar-refractivity contribution in [3.63, 3.8) is 0 Å². The Labute approximate surface area is 124 Å². The molecule has 0 aliphatic rings. The van der Waals surface area contributed by atoms with E-state index in [2.05, 4.69) is 53.4 Å². The SMILES string of the molecule is Cc1cc(C)c(NCC(=O)NCCC(C)C)c(Br)c1. The minimum atomic E-state index is 0.0347. The third-order valence-corrected chi connectivity index (χ3v) is 3.53. The Morgan fingerprint density at radius 3 is 2.58 bits per heavy atom. The van der Waals surface area contributed by atoms with Crippen LogP contribution in [0.2, 0.25) is 0 Å². The maximum atomic E-state index is 11.7. The monoisotopic (exact) mass is 326 g/mol. The van der Waals surface area contributed by atoms with Crippen molar-refractivity contribution in [3.8, 4) is 0 Å². The smallest absolute Gasteiger partial charge is 0.239 e. The average Bonchev–Trinajstić information content (AvgIpc) is 2.26. The molecule has 1 rings (SSSR count). The van der Waals surface area contributed by atoms with Gasteiger partial charge in [-0.25, -0.2) is 0 Å². The van der Waals surface area contributed by atoms with Gasteiger partial charge in [0.15, 0.2) is 0 Å². The molecule has 3 nitrogen and oxygen atoms in total. The predicted octanol–water partition coefficient (Wildman–Crippen LogP) is 3.64. The molecule has 0 saturated carbocycles. The van der Waals surface area contributed by atoms with Crippen molar-refractivity contribution in [2.24, 2.45) is 5.92 Å². The van der Waals surface area contributed by atoms with E-state index >= 15 is 0 Å². The van der Waals surface area contributed by atoms with Gasteiger partial charge in [0.2, 0.25) is 5.91 Å². The zero-order valence-corrected chi connectivity index (χ0v) is 13.7. The Morgan fingerprint density at radius 1 is 1.32 bits per heavy atom. The summed E-state index contributed by atoms with van der Waals surface area (Å²) in [6.07, 6.45) is 1.01. The van der Waals surface area contributed by atoms with Gasteiger partial charge in [-0.3, -0.25) is 4.79 Å². The summed E-state index contributed by atoms with van der Waals surface area (Å²) in [5, 5.41) is 6.11. The Bertz CT molecular complexity index is 421. The lowest BCUT2D eigenvalue weighted by Crippen LogP contribution is -2.31. The number of rotatable bonds is 6. The molecular formula is C15H23BrN2O. The molecular weight excluding hydrogens is 304 g/mol. The molecule has 0 radical (unpaired) electrons. The molecule has 1 aromatic rings. The van der Waals surface area contributed by atoms with E-state index in [0.29, 0.717) is 12.5 Å². The highest BCUT2D eigenvalue weighted by molar-refractivity contribution is 9.10. The van der Waals surface area contributed by atoms with Gasteiger partial charge < -0.3 is 10.6 Å². The number of hydrogen-bond acceptors (Lipinski definition) is 2. The van der Waals surface area contributed by atoms with Gasteiger partial charge in [-0.05, 0) is 59.3 Å². The lowest BCUT2D eigenvalue weighted by Gasteiger charge is -2.13. The first kappa shape index (κ1) is 16.0. The summed E-state index contributed by atoms with van der Waals surface area (Å²) in [5.41, 5.74) is 3.34. The van der Waals surface area contributed by atoms with Gasteiger partial charge in [0.25, 0.3) is 0 Å². The number of anilines is 1. The van der Waals surface area contributed by atoms with E-state index in [1.807, 2.05) is 13.0 Å². The van der Waals surface area contributed by atoms with Crippen LogP contribution in [-0.2, 0) is 4.79 Å². The van der Waals surface area contributed by atoms with Crippen molar-refractivity contribution >= 4 is 27.5 Å². The van der Waals surface area contributed by atoms with Gasteiger partial charge in [0.1, 0.15) is 0 Å². The summed E-state index contributed by atoms with van der Waals surface area (Å²) < 4.78 is 1.000. The molecule has 0 aromatic heterocycles. The van der Waals surface area contributed by atoms with Crippen molar-refractivity contribution in [2.75, 3.05) is 18.4 Å². The molecule has 4 heteroatoms. The molecule has 0 aliphatic carbocycles. The number of carbonyl (C=O) groups is 1. The van der Waals surface area contributed by atoms with Crippen molar-refractivity contribution in [1.29, 1.82) is 0 Å². The van der Waals surface area contributed by atoms with Gasteiger partial charge in [-0.15, -0.1) is 0 Å². The molecule has 1 amide bonds. The number of halogens is 1. The van der Waals surface area contributed by atoms with Crippen LogP contribution < -0.4 is 10.6 Å². The van der Waals surface area contributed by atoms with E-state index in [-0.39, 0.29) is 5.91 Å². The van der Waals surface area contributed by atoms with E-state index in [9.17, 15) is 4.79 Å². The molecule has 19 heavy (non-hydrogen) atoms. The third-order valence-electron chi connectivity index (χ3n) is 2.90. The van der Waals surface area contributed by atoms with Crippen LogP contribution in [0, 0.1) is 19.8 Å².